The normalized spacial score (nSPS) is 18.3. The van der Waals surface area contributed by atoms with Gasteiger partial charge in [0.1, 0.15) is 0 Å². The van der Waals surface area contributed by atoms with Crippen LogP contribution in [0.15, 0.2) is 5.51 Å². The van der Waals surface area contributed by atoms with Gasteiger partial charge in [-0.3, -0.25) is 0 Å². The van der Waals surface area contributed by atoms with Gasteiger partial charge in [0.25, 0.3) is 0 Å². The second kappa shape index (κ2) is 6.85. The van der Waals surface area contributed by atoms with Crippen LogP contribution < -0.4 is 5.32 Å². The highest BCUT2D eigenvalue weighted by Crippen LogP contribution is 2.42. The van der Waals surface area contributed by atoms with E-state index in [2.05, 4.69) is 31.1 Å². The molecule has 1 heterocycles. The van der Waals surface area contributed by atoms with Crippen LogP contribution in [0.4, 0.5) is 0 Å². The topological polar surface area (TPSA) is 24.9 Å². The summed E-state index contributed by atoms with van der Waals surface area (Å²) in [5.41, 5.74) is 3.77. The first-order valence-corrected chi connectivity index (χ1v) is 8.59. The first-order chi connectivity index (χ1) is 9.11. The molecular weight excluding hydrogens is 252 g/mol. The molecule has 0 bridgehead atoms. The summed E-state index contributed by atoms with van der Waals surface area (Å²) in [4.78, 5) is 5.76. The summed E-state index contributed by atoms with van der Waals surface area (Å²) in [5.74, 6) is 0.823. The minimum atomic E-state index is 0.594. The Bertz CT molecular complexity index is 378. The number of thiazole rings is 1. The molecule has 0 atom stereocenters. The predicted molar refractivity (Wildman–Crippen MR) is 83.8 cm³/mol. The van der Waals surface area contributed by atoms with Crippen molar-refractivity contribution in [3.63, 3.8) is 0 Å². The fourth-order valence-corrected chi connectivity index (χ4v) is 4.35. The van der Waals surface area contributed by atoms with Crippen molar-refractivity contribution in [2.45, 2.75) is 59.3 Å². The van der Waals surface area contributed by atoms with Crippen LogP contribution in [-0.2, 0) is 6.42 Å². The van der Waals surface area contributed by atoms with E-state index in [1.165, 1.54) is 49.2 Å². The molecule has 1 aliphatic rings. The van der Waals surface area contributed by atoms with Gasteiger partial charge in [-0.15, -0.1) is 11.3 Å². The van der Waals surface area contributed by atoms with E-state index in [1.54, 1.807) is 11.3 Å². The van der Waals surface area contributed by atoms with Gasteiger partial charge in [-0.2, -0.15) is 0 Å². The zero-order chi connectivity index (χ0) is 13.7. The van der Waals surface area contributed by atoms with Crippen molar-refractivity contribution < 1.29 is 0 Å². The predicted octanol–water partition coefficient (Wildman–Crippen LogP) is 4.19. The molecule has 0 unspecified atom stereocenters. The molecule has 1 aromatic rings. The van der Waals surface area contributed by atoms with Crippen molar-refractivity contribution in [1.82, 2.24) is 10.3 Å². The second-order valence-electron chi connectivity index (χ2n) is 6.59. The molecule has 1 N–H and O–H groups in total. The lowest BCUT2D eigenvalue weighted by Gasteiger charge is -2.31. The Labute approximate surface area is 122 Å². The first kappa shape index (κ1) is 15.0. The second-order valence-corrected chi connectivity index (χ2v) is 7.53. The number of rotatable bonds is 7. The summed E-state index contributed by atoms with van der Waals surface area (Å²) >= 11 is 1.79. The van der Waals surface area contributed by atoms with Crippen molar-refractivity contribution in [3.8, 4) is 0 Å². The molecule has 0 amide bonds. The Hall–Kier alpha value is -0.410. The lowest BCUT2D eigenvalue weighted by atomic mass is 9.78. The van der Waals surface area contributed by atoms with Gasteiger partial charge in [-0.25, -0.2) is 4.98 Å². The maximum absolute atomic E-state index is 4.32. The molecule has 1 fully saturated rings. The summed E-state index contributed by atoms with van der Waals surface area (Å²) in [6, 6.07) is 0. The Balaban J connectivity index is 1.75. The van der Waals surface area contributed by atoms with Crippen LogP contribution in [0.3, 0.4) is 0 Å². The van der Waals surface area contributed by atoms with Gasteiger partial charge in [-0.1, -0.05) is 26.7 Å². The van der Waals surface area contributed by atoms with Gasteiger partial charge in [0.15, 0.2) is 0 Å². The monoisotopic (exact) mass is 280 g/mol. The van der Waals surface area contributed by atoms with Gasteiger partial charge >= 0.3 is 0 Å². The highest BCUT2D eigenvalue weighted by atomic mass is 32.1. The van der Waals surface area contributed by atoms with E-state index in [4.69, 9.17) is 0 Å². The minimum absolute atomic E-state index is 0.594. The third-order valence-corrected chi connectivity index (χ3v) is 5.37. The molecule has 1 saturated carbocycles. The Morgan fingerprint density at radius 2 is 2.11 bits per heavy atom. The smallest absolute Gasteiger partial charge is 0.0797 e. The van der Waals surface area contributed by atoms with Gasteiger partial charge < -0.3 is 5.32 Å². The molecule has 0 radical (unpaired) electrons. The lowest BCUT2D eigenvalue weighted by Crippen LogP contribution is -2.34. The Morgan fingerprint density at radius 3 is 2.68 bits per heavy atom. The van der Waals surface area contributed by atoms with E-state index < -0.39 is 0 Å². The Kier molecular flexibility index (Phi) is 5.40. The summed E-state index contributed by atoms with van der Waals surface area (Å²) in [6.07, 6.45) is 8.24. The molecule has 0 aromatic carbocycles. The van der Waals surface area contributed by atoms with E-state index in [0.717, 1.165) is 18.9 Å². The van der Waals surface area contributed by atoms with Crippen LogP contribution in [0.2, 0.25) is 0 Å². The van der Waals surface area contributed by atoms with Gasteiger partial charge in [0, 0.05) is 18.0 Å². The van der Waals surface area contributed by atoms with E-state index in [9.17, 15) is 0 Å². The third kappa shape index (κ3) is 4.28. The highest BCUT2D eigenvalue weighted by molar-refractivity contribution is 7.09. The number of hydrogen-bond donors (Lipinski definition) is 1. The zero-order valence-electron chi connectivity index (χ0n) is 12.7. The van der Waals surface area contributed by atoms with Crippen LogP contribution in [0.5, 0.6) is 0 Å². The van der Waals surface area contributed by atoms with Crippen molar-refractivity contribution in [2.75, 3.05) is 13.1 Å². The van der Waals surface area contributed by atoms with Crippen LogP contribution >= 0.6 is 11.3 Å². The van der Waals surface area contributed by atoms with Gasteiger partial charge in [-0.05, 0) is 43.9 Å². The summed E-state index contributed by atoms with van der Waals surface area (Å²) in [6.45, 7) is 9.15. The standard InChI is InChI=1S/C16H28N2S/c1-13(2)10-16(7-4-5-8-16)11-17-9-6-15-14(3)18-12-19-15/h12-13,17H,4-11H2,1-3H3. The van der Waals surface area contributed by atoms with E-state index in [-0.39, 0.29) is 0 Å². The average molecular weight is 280 g/mol. The van der Waals surface area contributed by atoms with Gasteiger partial charge in [0.2, 0.25) is 0 Å². The molecule has 0 aliphatic heterocycles. The maximum atomic E-state index is 4.32. The molecule has 0 spiro atoms. The minimum Gasteiger partial charge on any atom is -0.316 e. The van der Waals surface area contributed by atoms with Gasteiger partial charge in [0.05, 0.1) is 11.2 Å². The number of nitrogens with one attached hydrogen (secondary N) is 1. The molecule has 19 heavy (non-hydrogen) atoms. The third-order valence-electron chi connectivity index (χ3n) is 4.38. The van der Waals surface area contributed by atoms with Crippen LogP contribution in [0.1, 0.15) is 56.5 Å². The van der Waals surface area contributed by atoms with Crippen LogP contribution in [0.25, 0.3) is 0 Å². The number of hydrogen-bond acceptors (Lipinski definition) is 3. The van der Waals surface area contributed by atoms with E-state index >= 15 is 0 Å². The quantitative estimate of drug-likeness (QED) is 0.758. The molecular formula is C16H28N2S. The van der Waals surface area contributed by atoms with E-state index in [0.29, 0.717) is 5.41 Å². The molecule has 2 rings (SSSR count). The maximum Gasteiger partial charge on any atom is 0.0797 e. The number of aryl methyl sites for hydroxylation is 1. The number of nitrogens with zero attached hydrogens (tertiary/aromatic N) is 1. The summed E-state index contributed by atoms with van der Waals surface area (Å²) in [5, 5.41) is 3.72. The summed E-state index contributed by atoms with van der Waals surface area (Å²) < 4.78 is 0. The molecule has 2 nitrogen and oxygen atoms in total. The first-order valence-electron chi connectivity index (χ1n) is 7.71. The zero-order valence-corrected chi connectivity index (χ0v) is 13.5. The highest BCUT2D eigenvalue weighted by Gasteiger charge is 2.33. The van der Waals surface area contributed by atoms with E-state index in [1.807, 2.05) is 5.51 Å². The molecule has 1 aromatic heterocycles. The van der Waals surface area contributed by atoms with Crippen LogP contribution in [-0.4, -0.2) is 18.1 Å². The largest absolute Gasteiger partial charge is 0.316 e. The average Bonchev–Trinajstić information content (AvgIpc) is 2.95. The summed E-state index contributed by atoms with van der Waals surface area (Å²) in [7, 11) is 0. The van der Waals surface area contributed by atoms with Crippen molar-refractivity contribution in [3.05, 3.63) is 16.1 Å². The van der Waals surface area contributed by atoms with Crippen molar-refractivity contribution in [1.29, 1.82) is 0 Å². The number of aromatic nitrogens is 1. The lowest BCUT2D eigenvalue weighted by molar-refractivity contribution is 0.225. The fraction of sp³-hybridized carbons (Fsp3) is 0.812. The molecule has 0 saturated heterocycles. The fourth-order valence-electron chi connectivity index (χ4n) is 3.57. The molecule has 108 valence electrons. The van der Waals surface area contributed by atoms with Crippen LogP contribution in [0, 0.1) is 18.3 Å². The Morgan fingerprint density at radius 1 is 1.37 bits per heavy atom. The molecule has 1 aliphatic carbocycles. The molecule has 3 heteroatoms. The van der Waals surface area contributed by atoms with Crippen molar-refractivity contribution >= 4 is 11.3 Å². The van der Waals surface area contributed by atoms with Crippen molar-refractivity contribution in [2.24, 2.45) is 11.3 Å². The SMILES string of the molecule is Cc1ncsc1CCNCC1(CC(C)C)CCCC1.